The smallest absolute Gasteiger partial charge is 0.184 e. The van der Waals surface area contributed by atoms with Crippen molar-refractivity contribution in [3.8, 4) is 0 Å². The molecule has 1 aliphatic carbocycles. The van der Waals surface area contributed by atoms with Gasteiger partial charge in [-0.3, -0.25) is 0 Å². The van der Waals surface area contributed by atoms with E-state index in [1.807, 2.05) is 0 Å². The van der Waals surface area contributed by atoms with Crippen molar-refractivity contribution in [2.45, 2.75) is 32.7 Å². The van der Waals surface area contributed by atoms with Crippen LogP contribution in [0, 0.1) is 12.8 Å². The van der Waals surface area contributed by atoms with Crippen LogP contribution in [0.15, 0.2) is 18.2 Å². The molecule has 0 unspecified atom stereocenters. The molecule has 3 rings (SSSR count). The highest BCUT2D eigenvalue weighted by molar-refractivity contribution is 7.22. The van der Waals surface area contributed by atoms with Gasteiger partial charge >= 0.3 is 0 Å². The van der Waals surface area contributed by atoms with E-state index in [2.05, 4.69) is 42.3 Å². The van der Waals surface area contributed by atoms with Crippen molar-refractivity contribution in [2.24, 2.45) is 5.92 Å². The Hall–Kier alpha value is -1.09. The fraction of sp³-hybridized carbons (Fsp3) is 0.462. The van der Waals surface area contributed by atoms with E-state index in [1.54, 1.807) is 11.3 Å². The van der Waals surface area contributed by atoms with Crippen LogP contribution in [0.5, 0.6) is 0 Å². The van der Waals surface area contributed by atoms with E-state index >= 15 is 0 Å². The molecule has 1 aromatic heterocycles. The van der Waals surface area contributed by atoms with Gasteiger partial charge in [0, 0.05) is 6.04 Å². The van der Waals surface area contributed by atoms with Gasteiger partial charge in [-0.05, 0) is 37.3 Å². The molecule has 0 saturated heterocycles. The molecule has 1 aromatic carbocycles. The maximum Gasteiger partial charge on any atom is 0.184 e. The average molecular weight is 232 g/mol. The van der Waals surface area contributed by atoms with Gasteiger partial charge in [-0.1, -0.05) is 30.4 Å². The van der Waals surface area contributed by atoms with Crippen molar-refractivity contribution in [1.82, 2.24) is 4.98 Å². The fourth-order valence-corrected chi connectivity index (χ4v) is 3.36. The standard InChI is InChI=1S/C13H16N2S/c1-8-6-10(7-8)14-13-15-12-9(2)4-3-5-11(12)16-13/h3-5,8,10H,6-7H2,1-2H3,(H,14,15). The monoisotopic (exact) mass is 232 g/mol. The predicted molar refractivity (Wildman–Crippen MR) is 70.2 cm³/mol. The lowest BCUT2D eigenvalue weighted by atomic mass is 9.82. The van der Waals surface area contributed by atoms with Gasteiger partial charge in [0.2, 0.25) is 0 Å². The van der Waals surface area contributed by atoms with Crippen LogP contribution in [0.4, 0.5) is 5.13 Å². The lowest BCUT2D eigenvalue weighted by Crippen LogP contribution is -2.33. The molecule has 1 N–H and O–H groups in total. The normalized spacial score (nSPS) is 24.4. The molecule has 3 heteroatoms. The topological polar surface area (TPSA) is 24.9 Å². The van der Waals surface area contributed by atoms with Crippen molar-refractivity contribution in [3.63, 3.8) is 0 Å². The molecule has 0 atom stereocenters. The molecule has 0 bridgehead atoms. The molecule has 84 valence electrons. The average Bonchev–Trinajstić information content (AvgIpc) is 2.60. The van der Waals surface area contributed by atoms with E-state index in [1.165, 1.54) is 23.1 Å². The van der Waals surface area contributed by atoms with Gasteiger partial charge < -0.3 is 5.32 Å². The number of anilines is 1. The van der Waals surface area contributed by atoms with Crippen molar-refractivity contribution in [1.29, 1.82) is 0 Å². The minimum atomic E-state index is 0.649. The number of para-hydroxylation sites is 1. The summed E-state index contributed by atoms with van der Waals surface area (Å²) in [5, 5.41) is 4.62. The Labute approximate surface area is 99.7 Å². The molecule has 1 fully saturated rings. The number of benzene rings is 1. The number of hydrogen-bond donors (Lipinski definition) is 1. The molecule has 0 radical (unpaired) electrons. The SMILES string of the molecule is Cc1cccc2sc(NC3CC(C)C3)nc12. The maximum atomic E-state index is 4.67. The summed E-state index contributed by atoms with van der Waals surface area (Å²) >= 11 is 1.77. The van der Waals surface area contributed by atoms with Gasteiger partial charge in [0.1, 0.15) is 0 Å². The van der Waals surface area contributed by atoms with Crippen LogP contribution in [0.1, 0.15) is 25.3 Å². The number of nitrogens with zero attached hydrogens (tertiary/aromatic N) is 1. The minimum absolute atomic E-state index is 0.649. The number of fused-ring (bicyclic) bond motifs is 1. The fourth-order valence-electron chi connectivity index (χ4n) is 2.34. The second-order valence-corrected chi connectivity index (χ2v) is 5.89. The summed E-state index contributed by atoms with van der Waals surface area (Å²) in [5.41, 5.74) is 2.42. The van der Waals surface area contributed by atoms with E-state index in [4.69, 9.17) is 0 Å². The van der Waals surface area contributed by atoms with Gasteiger partial charge in [0.05, 0.1) is 10.2 Å². The maximum absolute atomic E-state index is 4.67. The Morgan fingerprint density at radius 3 is 2.88 bits per heavy atom. The Kier molecular flexibility index (Phi) is 2.36. The van der Waals surface area contributed by atoms with E-state index < -0.39 is 0 Å². The molecule has 2 aromatic rings. The number of thiazole rings is 1. The second kappa shape index (κ2) is 3.74. The van der Waals surface area contributed by atoms with E-state index in [0.717, 1.165) is 16.6 Å². The van der Waals surface area contributed by atoms with Crippen LogP contribution in [0.3, 0.4) is 0 Å². The van der Waals surface area contributed by atoms with E-state index in [9.17, 15) is 0 Å². The summed E-state index contributed by atoms with van der Waals surface area (Å²) in [6.45, 7) is 4.43. The van der Waals surface area contributed by atoms with Crippen LogP contribution < -0.4 is 5.32 Å². The van der Waals surface area contributed by atoms with Crippen LogP contribution in [-0.4, -0.2) is 11.0 Å². The van der Waals surface area contributed by atoms with Crippen LogP contribution in [-0.2, 0) is 0 Å². The zero-order valence-corrected chi connectivity index (χ0v) is 10.5. The van der Waals surface area contributed by atoms with Gasteiger partial charge in [0.15, 0.2) is 5.13 Å². The quantitative estimate of drug-likeness (QED) is 0.851. The third-order valence-corrected chi connectivity index (χ3v) is 4.27. The van der Waals surface area contributed by atoms with Gasteiger partial charge in [-0.15, -0.1) is 0 Å². The van der Waals surface area contributed by atoms with Crippen molar-refractivity contribution in [2.75, 3.05) is 5.32 Å². The van der Waals surface area contributed by atoms with E-state index in [0.29, 0.717) is 6.04 Å². The first-order chi connectivity index (χ1) is 7.72. The Balaban J connectivity index is 1.85. The highest BCUT2D eigenvalue weighted by Crippen LogP contribution is 2.33. The first kappa shape index (κ1) is 10.1. The Morgan fingerprint density at radius 1 is 1.38 bits per heavy atom. The predicted octanol–water partition coefficient (Wildman–Crippen LogP) is 3.82. The third kappa shape index (κ3) is 1.69. The first-order valence-corrected chi connectivity index (χ1v) is 6.66. The Bertz CT molecular complexity index is 512. The molecule has 0 spiro atoms. The van der Waals surface area contributed by atoms with Crippen LogP contribution >= 0.6 is 11.3 Å². The highest BCUT2D eigenvalue weighted by atomic mass is 32.1. The largest absolute Gasteiger partial charge is 0.359 e. The zero-order valence-electron chi connectivity index (χ0n) is 9.66. The number of hydrogen-bond acceptors (Lipinski definition) is 3. The Morgan fingerprint density at radius 2 is 2.19 bits per heavy atom. The molecular formula is C13H16N2S. The summed E-state index contributed by atoms with van der Waals surface area (Å²) in [6, 6.07) is 7.02. The number of rotatable bonds is 2. The molecule has 1 saturated carbocycles. The van der Waals surface area contributed by atoms with Crippen molar-refractivity contribution in [3.05, 3.63) is 23.8 Å². The van der Waals surface area contributed by atoms with E-state index in [-0.39, 0.29) is 0 Å². The summed E-state index contributed by atoms with van der Waals surface area (Å²) in [7, 11) is 0. The van der Waals surface area contributed by atoms with Gasteiger partial charge in [0.25, 0.3) is 0 Å². The molecule has 1 aliphatic rings. The minimum Gasteiger partial charge on any atom is -0.359 e. The van der Waals surface area contributed by atoms with Crippen LogP contribution in [0.25, 0.3) is 10.2 Å². The second-order valence-electron chi connectivity index (χ2n) is 4.86. The lowest BCUT2D eigenvalue weighted by Gasteiger charge is -2.33. The summed E-state index contributed by atoms with van der Waals surface area (Å²) in [5.74, 6) is 0.883. The van der Waals surface area contributed by atoms with Crippen molar-refractivity contribution >= 4 is 26.7 Å². The summed E-state index contributed by atoms with van der Waals surface area (Å²) in [6.07, 6.45) is 2.57. The molecule has 2 nitrogen and oxygen atoms in total. The molecule has 1 heterocycles. The van der Waals surface area contributed by atoms with Crippen molar-refractivity contribution < 1.29 is 0 Å². The number of nitrogens with one attached hydrogen (secondary N) is 1. The van der Waals surface area contributed by atoms with Crippen LogP contribution in [0.2, 0.25) is 0 Å². The van der Waals surface area contributed by atoms with Gasteiger partial charge in [-0.2, -0.15) is 0 Å². The third-order valence-electron chi connectivity index (χ3n) is 3.32. The molecular weight excluding hydrogens is 216 g/mol. The summed E-state index contributed by atoms with van der Waals surface area (Å²) < 4.78 is 1.29. The number of aryl methyl sites for hydroxylation is 1. The first-order valence-electron chi connectivity index (χ1n) is 5.85. The molecule has 16 heavy (non-hydrogen) atoms. The summed E-state index contributed by atoms with van der Waals surface area (Å²) in [4.78, 5) is 4.67. The van der Waals surface area contributed by atoms with Gasteiger partial charge in [-0.25, -0.2) is 4.98 Å². The number of aromatic nitrogens is 1. The zero-order chi connectivity index (χ0) is 11.1. The highest BCUT2D eigenvalue weighted by Gasteiger charge is 2.25. The molecule has 0 aliphatic heterocycles. The lowest BCUT2D eigenvalue weighted by molar-refractivity contribution is 0.309. The molecule has 0 amide bonds.